The summed E-state index contributed by atoms with van der Waals surface area (Å²) in [7, 11) is 1.68. The van der Waals surface area contributed by atoms with Crippen molar-refractivity contribution in [1.82, 2.24) is 10.2 Å². The van der Waals surface area contributed by atoms with Crippen LogP contribution in [0.4, 0.5) is 0 Å². The summed E-state index contributed by atoms with van der Waals surface area (Å²) in [5.41, 5.74) is 0. The summed E-state index contributed by atoms with van der Waals surface area (Å²) in [6, 6.07) is 7.83. The fraction of sp³-hybridized carbons (Fsp3) is 0.647. The molecule has 1 fully saturated rings. The van der Waals surface area contributed by atoms with Crippen LogP contribution in [0.2, 0.25) is 0 Å². The summed E-state index contributed by atoms with van der Waals surface area (Å²) in [6.07, 6.45) is 2.64. The Morgan fingerprint density at radius 1 is 1.29 bits per heavy atom. The highest BCUT2D eigenvalue weighted by atomic mass is 16.5. The highest BCUT2D eigenvalue weighted by Crippen LogP contribution is 2.25. The van der Waals surface area contributed by atoms with Gasteiger partial charge in [0, 0.05) is 13.1 Å². The van der Waals surface area contributed by atoms with Crippen LogP contribution < -0.4 is 14.8 Å². The number of methoxy groups -OCH3 is 1. The fourth-order valence-electron chi connectivity index (χ4n) is 2.89. The number of benzene rings is 1. The first-order valence-electron chi connectivity index (χ1n) is 8.02. The maximum absolute atomic E-state index is 5.86. The van der Waals surface area contributed by atoms with Crippen LogP contribution in [0.15, 0.2) is 24.3 Å². The molecule has 1 N–H and O–H groups in total. The highest BCUT2D eigenvalue weighted by Gasteiger charge is 2.19. The average molecular weight is 292 g/mol. The van der Waals surface area contributed by atoms with E-state index < -0.39 is 0 Å². The summed E-state index contributed by atoms with van der Waals surface area (Å²) in [4.78, 5) is 2.51. The number of likely N-dealkylation sites (tertiary alicyclic amines) is 1. The van der Waals surface area contributed by atoms with Gasteiger partial charge in [0.05, 0.1) is 7.11 Å². The number of hydrogen-bond donors (Lipinski definition) is 1. The minimum atomic E-state index is 0.717. The molecule has 1 saturated heterocycles. The van der Waals surface area contributed by atoms with E-state index in [2.05, 4.69) is 17.1 Å². The van der Waals surface area contributed by atoms with Crippen LogP contribution in [0.5, 0.6) is 11.5 Å². The zero-order chi connectivity index (χ0) is 14.9. The lowest BCUT2D eigenvalue weighted by molar-refractivity contribution is 0.144. The van der Waals surface area contributed by atoms with Crippen LogP contribution in [0.3, 0.4) is 0 Å². The Balaban J connectivity index is 1.72. The molecule has 0 amide bonds. The van der Waals surface area contributed by atoms with Crippen LogP contribution in [0.25, 0.3) is 0 Å². The number of hydrogen-bond acceptors (Lipinski definition) is 4. The van der Waals surface area contributed by atoms with Gasteiger partial charge in [0.25, 0.3) is 0 Å². The van der Waals surface area contributed by atoms with E-state index in [-0.39, 0.29) is 0 Å². The van der Waals surface area contributed by atoms with Crippen LogP contribution in [-0.4, -0.2) is 51.3 Å². The van der Waals surface area contributed by atoms with Crippen LogP contribution >= 0.6 is 0 Å². The molecule has 1 aromatic rings. The largest absolute Gasteiger partial charge is 0.493 e. The molecule has 21 heavy (non-hydrogen) atoms. The van der Waals surface area contributed by atoms with Crippen molar-refractivity contribution in [3.63, 3.8) is 0 Å². The Hall–Kier alpha value is -1.26. The number of piperidine rings is 1. The maximum Gasteiger partial charge on any atom is 0.161 e. The van der Waals surface area contributed by atoms with E-state index in [1.807, 2.05) is 24.3 Å². The Morgan fingerprint density at radius 2 is 2.10 bits per heavy atom. The summed E-state index contributed by atoms with van der Waals surface area (Å²) < 4.78 is 11.2. The minimum absolute atomic E-state index is 0.717. The molecule has 1 unspecified atom stereocenters. The van der Waals surface area contributed by atoms with Gasteiger partial charge in [-0.2, -0.15) is 0 Å². The van der Waals surface area contributed by atoms with Crippen molar-refractivity contribution < 1.29 is 9.47 Å². The third-order valence-electron chi connectivity index (χ3n) is 4.02. The molecule has 4 nitrogen and oxygen atoms in total. The molecular formula is C17H28N2O2. The zero-order valence-electron chi connectivity index (χ0n) is 13.3. The van der Waals surface area contributed by atoms with E-state index in [1.54, 1.807) is 7.11 Å². The molecule has 1 heterocycles. The second-order valence-electron chi connectivity index (χ2n) is 5.62. The van der Waals surface area contributed by atoms with Crippen molar-refractivity contribution >= 4 is 0 Å². The number of nitrogens with one attached hydrogen (secondary N) is 1. The fourth-order valence-corrected chi connectivity index (χ4v) is 2.89. The van der Waals surface area contributed by atoms with Gasteiger partial charge in [-0.25, -0.2) is 0 Å². The number of rotatable bonds is 8. The summed E-state index contributed by atoms with van der Waals surface area (Å²) in [5.74, 6) is 2.42. The predicted molar refractivity (Wildman–Crippen MR) is 86.2 cm³/mol. The molecule has 0 radical (unpaired) electrons. The van der Waals surface area contributed by atoms with Gasteiger partial charge in [-0.3, -0.25) is 4.90 Å². The van der Waals surface area contributed by atoms with E-state index in [1.165, 1.54) is 25.9 Å². The summed E-state index contributed by atoms with van der Waals surface area (Å²) >= 11 is 0. The predicted octanol–water partition coefficient (Wildman–Crippen LogP) is 2.40. The minimum Gasteiger partial charge on any atom is -0.493 e. The molecule has 4 heteroatoms. The normalized spacial score (nSPS) is 19.4. The SMILES string of the molecule is CCNCC1CCCN(CCOc2ccccc2OC)C1. The summed E-state index contributed by atoms with van der Waals surface area (Å²) in [6.45, 7) is 8.45. The van der Waals surface area contributed by atoms with Crippen molar-refractivity contribution in [3.05, 3.63) is 24.3 Å². The van der Waals surface area contributed by atoms with E-state index in [0.29, 0.717) is 6.61 Å². The second-order valence-corrected chi connectivity index (χ2v) is 5.62. The molecule has 0 aromatic heterocycles. The van der Waals surface area contributed by atoms with Gasteiger partial charge in [-0.15, -0.1) is 0 Å². The van der Waals surface area contributed by atoms with Gasteiger partial charge in [-0.05, 0) is 50.5 Å². The lowest BCUT2D eigenvalue weighted by atomic mass is 9.98. The second kappa shape index (κ2) is 8.90. The van der Waals surface area contributed by atoms with Crippen molar-refractivity contribution in [1.29, 1.82) is 0 Å². The molecule has 1 aromatic carbocycles. The number of ether oxygens (including phenoxy) is 2. The first-order chi connectivity index (χ1) is 10.3. The standard InChI is InChI=1S/C17H28N2O2/c1-3-18-13-15-7-6-10-19(14-15)11-12-21-17-9-5-4-8-16(17)20-2/h4-5,8-9,15,18H,3,6-7,10-14H2,1-2H3. The topological polar surface area (TPSA) is 33.7 Å². The van der Waals surface area contributed by atoms with E-state index in [0.717, 1.165) is 37.1 Å². The van der Waals surface area contributed by atoms with E-state index in [9.17, 15) is 0 Å². The Morgan fingerprint density at radius 3 is 2.86 bits per heavy atom. The van der Waals surface area contributed by atoms with Crippen molar-refractivity contribution in [2.75, 3.05) is 46.4 Å². The zero-order valence-corrected chi connectivity index (χ0v) is 13.3. The first-order valence-corrected chi connectivity index (χ1v) is 8.02. The van der Waals surface area contributed by atoms with Gasteiger partial charge < -0.3 is 14.8 Å². The lowest BCUT2D eigenvalue weighted by Crippen LogP contribution is -2.41. The molecule has 1 aliphatic heterocycles. The van der Waals surface area contributed by atoms with E-state index in [4.69, 9.17) is 9.47 Å². The van der Waals surface area contributed by atoms with Crippen LogP contribution in [0.1, 0.15) is 19.8 Å². The quantitative estimate of drug-likeness (QED) is 0.798. The number of para-hydroxylation sites is 2. The molecule has 0 bridgehead atoms. The molecule has 118 valence electrons. The van der Waals surface area contributed by atoms with Gasteiger partial charge in [0.2, 0.25) is 0 Å². The van der Waals surface area contributed by atoms with Crippen molar-refractivity contribution in [2.45, 2.75) is 19.8 Å². The lowest BCUT2D eigenvalue weighted by Gasteiger charge is -2.32. The van der Waals surface area contributed by atoms with Crippen molar-refractivity contribution in [3.8, 4) is 11.5 Å². The van der Waals surface area contributed by atoms with Gasteiger partial charge in [-0.1, -0.05) is 19.1 Å². The van der Waals surface area contributed by atoms with E-state index >= 15 is 0 Å². The van der Waals surface area contributed by atoms with Gasteiger partial charge >= 0.3 is 0 Å². The summed E-state index contributed by atoms with van der Waals surface area (Å²) in [5, 5.41) is 3.46. The Bertz CT molecular complexity index is 412. The molecule has 1 aliphatic rings. The molecule has 0 saturated carbocycles. The smallest absolute Gasteiger partial charge is 0.161 e. The first kappa shape index (κ1) is 16.1. The molecule has 2 rings (SSSR count). The third-order valence-corrected chi connectivity index (χ3v) is 4.02. The molecule has 0 spiro atoms. The maximum atomic E-state index is 5.86. The Labute approximate surface area is 128 Å². The van der Waals surface area contributed by atoms with Gasteiger partial charge in [0.1, 0.15) is 6.61 Å². The monoisotopic (exact) mass is 292 g/mol. The Kier molecular flexibility index (Phi) is 6.83. The van der Waals surface area contributed by atoms with Gasteiger partial charge in [0.15, 0.2) is 11.5 Å². The molecule has 1 atom stereocenters. The van der Waals surface area contributed by atoms with Crippen LogP contribution in [0, 0.1) is 5.92 Å². The van der Waals surface area contributed by atoms with Crippen LogP contribution in [-0.2, 0) is 0 Å². The van der Waals surface area contributed by atoms with Crippen molar-refractivity contribution in [2.24, 2.45) is 5.92 Å². The molecular weight excluding hydrogens is 264 g/mol. The highest BCUT2D eigenvalue weighted by molar-refractivity contribution is 5.39. The third kappa shape index (κ3) is 5.21. The average Bonchev–Trinajstić information content (AvgIpc) is 2.54. The number of nitrogens with zero attached hydrogens (tertiary/aromatic N) is 1. The molecule has 0 aliphatic carbocycles.